The Bertz CT molecular complexity index is 774. The van der Waals surface area contributed by atoms with Crippen molar-refractivity contribution < 1.29 is 0 Å². The Morgan fingerprint density at radius 3 is 2.65 bits per heavy atom. The SMILES string of the molecule is c1ccc(-c2nc(NCCN3CCCC3)cc(-c3cccnc3)n2)nc1. The van der Waals surface area contributed by atoms with E-state index in [2.05, 4.69) is 25.2 Å². The average Bonchev–Trinajstić information content (AvgIpc) is 3.23. The Morgan fingerprint density at radius 2 is 1.88 bits per heavy atom. The van der Waals surface area contributed by atoms with Gasteiger partial charge in [0.2, 0.25) is 0 Å². The number of nitrogens with zero attached hydrogens (tertiary/aromatic N) is 5. The Labute approximate surface area is 153 Å². The van der Waals surface area contributed by atoms with Gasteiger partial charge in [-0.25, -0.2) is 9.97 Å². The van der Waals surface area contributed by atoms with Crippen LogP contribution in [0, 0.1) is 0 Å². The van der Waals surface area contributed by atoms with Crippen LogP contribution >= 0.6 is 0 Å². The molecular weight excluding hydrogens is 324 g/mol. The van der Waals surface area contributed by atoms with Crippen molar-refractivity contribution in [3.05, 3.63) is 55.0 Å². The maximum absolute atomic E-state index is 4.70. The zero-order valence-electron chi connectivity index (χ0n) is 14.7. The van der Waals surface area contributed by atoms with Crippen molar-refractivity contribution in [2.45, 2.75) is 12.8 Å². The van der Waals surface area contributed by atoms with Crippen LogP contribution in [-0.4, -0.2) is 51.0 Å². The average molecular weight is 346 g/mol. The van der Waals surface area contributed by atoms with Crippen LogP contribution in [0.1, 0.15) is 12.8 Å². The van der Waals surface area contributed by atoms with Crippen LogP contribution in [0.4, 0.5) is 5.82 Å². The maximum Gasteiger partial charge on any atom is 0.180 e. The van der Waals surface area contributed by atoms with E-state index < -0.39 is 0 Å². The molecule has 132 valence electrons. The van der Waals surface area contributed by atoms with Gasteiger partial charge in [-0.05, 0) is 50.2 Å². The molecule has 0 spiro atoms. The Balaban J connectivity index is 1.59. The van der Waals surface area contributed by atoms with E-state index in [0.29, 0.717) is 5.82 Å². The molecule has 6 heteroatoms. The number of pyridine rings is 2. The van der Waals surface area contributed by atoms with E-state index >= 15 is 0 Å². The summed E-state index contributed by atoms with van der Waals surface area (Å²) in [5.41, 5.74) is 2.58. The first kappa shape index (κ1) is 16.6. The van der Waals surface area contributed by atoms with Crippen molar-refractivity contribution in [2.75, 3.05) is 31.5 Å². The molecule has 0 amide bonds. The Hall–Kier alpha value is -2.86. The van der Waals surface area contributed by atoms with Gasteiger partial charge in [0.25, 0.3) is 0 Å². The normalized spacial score (nSPS) is 14.5. The summed E-state index contributed by atoms with van der Waals surface area (Å²) >= 11 is 0. The molecule has 1 aliphatic heterocycles. The van der Waals surface area contributed by atoms with Crippen molar-refractivity contribution in [3.63, 3.8) is 0 Å². The Morgan fingerprint density at radius 1 is 0.962 bits per heavy atom. The molecule has 0 saturated carbocycles. The van der Waals surface area contributed by atoms with E-state index in [0.717, 1.165) is 35.9 Å². The van der Waals surface area contributed by atoms with Crippen molar-refractivity contribution in [1.29, 1.82) is 0 Å². The zero-order chi connectivity index (χ0) is 17.6. The predicted octanol–water partition coefficient (Wildman–Crippen LogP) is 3.11. The smallest absolute Gasteiger partial charge is 0.180 e. The summed E-state index contributed by atoms with van der Waals surface area (Å²) in [4.78, 5) is 20.4. The first-order valence-electron chi connectivity index (χ1n) is 9.05. The highest BCUT2D eigenvalue weighted by atomic mass is 15.2. The molecule has 3 aromatic rings. The number of likely N-dealkylation sites (tertiary alicyclic amines) is 1. The fourth-order valence-corrected chi connectivity index (χ4v) is 3.16. The van der Waals surface area contributed by atoms with Gasteiger partial charge in [-0.15, -0.1) is 0 Å². The molecule has 26 heavy (non-hydrogen) atoms. The number of nitrogens with one attached hydrogen (secondary N) is 1. The van der Waals surface area contributed by atoms with Crippen molar-refractivity contribution in [3.8, 4) is 22.8 Å². The van der Waals surface area contributed by atoms with Gasteiger partial charge in [-0.3, -0.25) is 9.97 Å². The van der Waals surface area contributed by atoms with Crippen molar-refractivity contribution in [2.24, 2.45) is 0 Å². The Kier molecular flexibility index (Phi) is 5.12. The van der Waals surface area contributed by atoms with Gasteiger partial charge in [0, 0.05) is 43.3 Å². The summed E-state index contributed by atoms with van der Waals surface area (Å²) in [6, 6.07) is 11.7. The lowest BCUT2D eigenvalue weighted by Gasteiger charge is -2.15. The number of hydrogen-bond acceptors (Lipinski definition) is 6. The standard InChI is InChI=1S/C20H22N6/c1-2-9-22-17(7-1)20-24-18(16-6-5-8-21-15-16)14-19(25-20)23-10-13-26-11-3-4-12-26/h1-2,5-9,14-15H,3-4,10-13H2,(H,23,24,25). The molecule has 1 saturated heterocycles. The lowest BCUT2D eigenvalue weighted by atomic mass is 10.2. The van der Waals surface area contributed by atoms with Gasteiger partial charge < -0.3 is 10.2 Å². The molecule has 0 radical (unpaired) electrons. The van der Waals surface area contributed by atoms with Gasteiger partial charge >= 0.3 is 0 Å². The first-order chi connectivity index (χ1) is 12.9. The second-order valence-corrected chi connectivity index (χ2v) is 6.39. The van der Waals surface area contributed by atoms with Gasteiger partial charge in [0.1, 0.15) is 11.5 Å². The number of aromatic nitrogens is 4. The third kappa shape index (κ3) is 4.03. The largest absolute Gasteiger partial charge is 0.369 e. The summed E-state index contributed by atoms with van der Waals surface area (Å²) in [5.74, 6) is 1.44. The van der Waals surface area contributed by atoms with Gasteiger partial charge in [-0.1, -0.05) is 6.07 Å². The summed E-state index contributed by atoms with van der Waals surface area (Å²) in [6.07, 6.45) is 7.96. The first-order valence-corrected chi connectivity index (χ1v) is 9.05. The minimum atomic E-state index is 0.621. The van der Waals surface area contributed by atoms with Crippen LogP contribution in [0.3, 0.4) is 0 Å². The van der Waals surface area contributed by atoms with E-state index in [9.17, 15) is 0 Å². The molecule has 0 aromatic carbocycles. The minimum Gasteiger partial charge on any atom is -0.369 e. The third-order valence-corrected chi connectivity index (χ3v) is 4.51. The summed E-state index contributed by atoms with van der Waals surface area (Å²) in [5, 5.41) is 3.45. The lowest BCUT2D eigenvalue weighted by molar-refractivity contribution is 0.352. The molecule has 3 aromatic heterocycles. The highest BCUT2D eigenvalue weighted by Gasteiger charge is 2.12. The molecule has 4 heterocycles. The van der Waals surface area contributed by atoms with Crippen LogP contribution in [-0.2, 0) is 0 Å². The van der Waals surface area contributed by atoms with E-state index in [1.807, 2.05) is 42.6 Å². The van der Waals surface area contributed by atoms with E-state index in [1.54, 1.807) is 12.4 Å². The molecule has 4 rings (SSSR count). The second-order valence-electron chi connectivity index (χ2n) is 6.39. The molecule has 0 unspecified atom stereocenters. The van der Waals surface area contributed by atoms with Gasteiger partial charge in [-0.2, -0.15) is 0 Å². The van der Waals surface area contributed by atoms with E-state index in [1.165, 1.54) is 25.9 Å². The molecule has 1 fully saturated rings. The number of rotatable bonds is 6. The van der Waals surface area contributed by atoms with Crippen molar-refractivity contribution in [1.82, 2.24) is 24.8 Å². The monoisotopic (exact) mass is 346 g/mol. The van der Waals surface area contributed by atoms with Crippen molar-refractivity contribution >= 4 is 5.82 Å². The van der Waals surface area contributed by atoms with Crippen LogP contribution in [0.25, 0.3) is 22.8 Å². The van der Waals surface area contributed by atoms with E-state index in [4.69, 9.17) is 4.98 Å². The highest BCUT2D eigenvalue weighted by molar-refractivity contribution is 5.65. The quantitative estimate of drug-likeness (QED) is 0.740. The zero-order valence-corrected chi connectivity index (χ0v) is 14.7. The van der Waals surface area contributed by atoms with Gasteiger partial charge in [0.15, 0.2) is 5.82 Å². The van der Waals surface area contributed by atoms with Crippen LogP contribution in [0.15, 0.2) is 55.0 Å². The molecule has 1 aliphatic rings. The minimum absolute atomic E-state index is 0.621. The molecular formula is C20H22N6. The molecule has 0 atom stereocenters. The summed E-state index contributed by atoms with van der Waals surface area (Å²) in [6.45, 7) is 4.30. The molecule has 0 aliphatic carbocycles. The highest BCUT2D eigenvalue weighted by Crippen LogP contribution is 2.22. The predicted molar refractivity (Wildman–Crippen MR) is 103 cm³/mol. The summed E-state index contributed by atoms with van der Waals surface area (Å²) in [7, 11) is 0. The van der Waals surface area contributed by atoms with E-state index in [-0.39, 0.29) is 0 Å². The summed E-state index contributed by atoms with van der Waals surface area (Å²) < 4.78 is 0. The number of hydrogen-bond donors (Lipinski definition) is 1. The van der Waals surface area contributed by atoms with Crippen LogP contribution < -0.4 is 5.32 Å². The maximum atomic E-state index is 4.70. The third-order valence-electron chi connectivity index (χ3n) is 4.51. The molecule has 6 nitrogen and oxygen atoms in total. The van der Waals surface area contributed by atoms with Crippen LogP contribution in [0.5, 0.6) is 0 Å². The van der Waals surface area contributed by atoms with Crippen LogP contribution in [0.2, 0.25) is 0 Å². The topological polar surface area (TPSA) is 66.8 Å². The fraction of sp³-hybridized carbons (Fsp3) is 0.300. The lowest BCUT2D eigenvalue weighted by Crippen LogP contribution is -2.26. The fourth-order valence-electron chi connectivity index (χ4n) is 3.16. The molecule has 1 N–H and O–H groups in total. The number of anilines is 1. The van der Waals surface area contributed by atoms with Gasteiger partial charge in [0.05, 0.1) is 5.69 Å². The second kappa shape index (κ2) is 8.01. The molecule has 0 bridgehead atoms.